The van der Waals surface area contributed by atoms with Gasteiger partial charge in [0.2, 0.25) is 5.91 Å². The van der Waals surface area contributed by atoms with E-state index in [4.69, 9.17) is 16.3 Å². The van der Waals surface area contributed by atoms with E-state index in [-0.39, 0.29) is 18.9 Å². The van der Waals surface area contributed by atoms with E-state index in [0.29, 0.717) is 27.8 Å². The number of nitrogens with zero attached hydrogens (tertiary/aromatic N) is 1. The molecule has 0 fully saturated rings. The molecule has 1 N–H and O–H groups in total. The third kappa shape index (κ3) is 4.80. The highest BCUT2D eigenvalue weighted by Crippen LogP contribution is 2.40. The van der Waals surface area contributed by atoms with Crippen molar-refractivity contribution in [1.29, 1.82) is 0 Å². The molecule has 2 aromatic heterocycles. The molecule has 156 valence electrons. The van der Waals surface area contributed by atoms with Gasteiger partial charge in [-0.25, -0.2) is 4.79 Å². The summed E-state index contributed by atoms with van der Waals surface area (Å²) in [7, 11) is 0. The van der Waals surface area contributed by atoms with Crippen LogP contribution in [0.15, 0.2) is 42.6 Å². The molecule has 30 heavy (non-hydrogen) atoms. The summed E-state index contributed by atoms with van der Waals surface area (Å²) in [6.45, 7) is 4.21. The predicted octanol–water partition coefficient (Wildman–Crippen LogP) is 5.20. The Balaban J connectivity index is 1.87. The molecule has 0 saturated heterocycles. The van der Waals surface area contributed by atoms with Gasteiger partial charge in [0.05, 0.1) is 12.3 Å². The zero-order valence-electron chi connectivity index (χ0n) is 16.6. The summed E-state index contributed by atoms with van der Waals surface area (Å²) in [6.07, 6.45) is 2.65. The van der Waals surface area contributed by atoms with Crippen molar-refractivity contribution in [2.75, 3.05) is 11.9 Å². The van der Waals surface area contributed by atoms with Crippen molar-refractivity contribution in [2.45, 2.75) is 26.8 Å². The van der Waals surface area contributed by atoms with Crippen LogP contribution in [0, 0.1) is 6.92 Å². The number of thiophene rings is 1. The van der Waals surface area contributed by atoms with Crippen molar-refractivity contribution in [3.63, 3.8) is 0 Å². The highest BCUT2D eigenvalue weighted by molar-refractivity contribution is 7.17. The fraction of sp³-hybridized carbons (Fsp3) is 0.227. The smallest absolute Gasteiger partial charge is 0.341 e. The summed E-state index contributed by atoms with van der Waals surface area (Å²) >= 11 is 7.32. The first-order chi connectivity index (χ1) is 14.4. The first kappa shape index (κ1) is 21.8. The van der Waals surface area contributed by atoms with E-state index < -0.39 is 5.97 Å². The van der Waals surface area contributed by atoms with Gasteiger partial charge in [-0.2, -0.15) is 0 Å². The number of hydrogen-bond acceptors (Lipinski definition) is 5. The van der Waals surface area contributed by atoms with Gasteiger partial charge >= 0.3 is 5.97 Å². The van der Waals surface area contributed by atoms with Gasteiger partial charge in [0, 0.05) is 34.6 Å². The molecule has 0 radical (unpaired) electrons. The number of amides is 1. The van der Waals surface area contributed by atoms with Crippen molar-refractivity contribution >= 4 is 46.1 Å². The molecule has 2 heterocycles. The number of hydrogen-bond donors (Lipinski definition) is 1. The highest BCUT2D eigenvalue weighted by atomic mass is 35.5. The van der Waals surface area contributed by atoms with Crippen LogP contribution < -0.4 is 5.32 Å². The number of esters is 1. The van der Waals surface area contributed by atoms with E-state index in [0.717, 1.165) is 22.3 Å². The molecule has 0 unspecified atom stereocenters. The fourth-order valence-electron chi connectivity index (χ4n) is 3.14. The van der Waals surface area contributed by atoms with Gasteiger partial charge in [-0.05, 0) is 43.7 Å². The summed E-state index contributed by atoms with van der Waals surface area (Å²) in [5.74, 6) is -0.745. The molecule has 0 aliphatic heterocycles. The van der Waals surface area contributed by atoms with E-state index in [1.807, 2.05) is 19.1 Å². The number of rotatable bonds is 8. The Hall–Kier alpha value is -2.90. The lowest BCUT2D eigenvalue weighted by molar-refractivity contribution is -0.116. The van der Waals surface area contributed by atoms with Gasteiger partial charge in [-0.3, -0.25) is 9.59 Å². The van der Waals surface area contributed by atoms with Crippen LogP contribution in [-0.4, -0.2) is 29.3 Å². The van der Waals surface area contributed by atoms with Gasteiger partial charge < -0.3 is 14.6 Å². The van der Waals surface area contributed by atoms with Gasteiger partial charge in [-0.15, -0.1) is 11.3 Å². The monoisotopic (exact) mass is 444 g/mol. The molecule has 0 spiro atoms. The Morgan fingerprint density at radius 1 is 1.23 bits per heavy atom. The van der Waals surface area contributed by atoms with E-state index in [1.165, 1.54) is 11.3 Å². The van der Waals surface area contributed by atoms with Crippen LogP contribution in [0.4, 0.5) is 5.00 Å². The normalized spacial score (nSPS) is 10.6. The molecule has 3 aromatic rings. The lowest BCUT2D eigenvalue weighted by atomic mass is 10.0. The molecule has 0 aliphatic carbocycles. The third-order valence-corrected chi connectivity index (χ3v) is 5.79. The van der Waals surface area contributed by atoms with Crippen molar-refractivity contribution in [3.8, 4) is 11.1 Å². The second kappa shape index (κ2) is 9.73. The van der Waals surface area contributed by atoms with Crippen LogP contribution >= 0.6 is 22.9 Å². The zero-order chi connectivity index (χ0) is 21.7. The van der Waals surface area contributed by atoms with Crippen LogP contribution in [-0.2, 0) is 16.1 Å². The van der Waals surface area contributed by atoms with Crippen molar-refractivity contribution < 1.29 is 19.1 Å². The summed E-state index contributed by atoms with van der Waals surface area (Å²) in [5.41, 5.74) is 2.38. The number of halogens is 1. The largest absolute Gasteiger partial charge is 0.462 e. The number of aryl methyl sites for hydroxylation is 2. The summed E-state index contributed by atoms with van der Waals surface area (Å²) in [4.78, 5) is 37.2. The minimum absolute atomic E-state index is 0.158. The maximum Gasteiger partial charge on any atom is 0.341 e. The van der Waals surface area contributed by atoms with Gasteiger partial charge in [0.25, 0.3) is 0 Å². The number of aromatic nitrogens is 1. The van der Waals surface area contributed by atoms with Crippen LogP contribution in [0.25, 0.3) is 11.1 Å². The number of nitrogens with one attached hydrogen (secondary N) is 1. The molecule has 0 aliphatic rings. The maximum absolute atomic E-state index is 12.7. The minimum Gasteiger partial charge on any atom is -0.462 e. The van der Waals surface area contributed by atoms with Crippen LogP contribution in [0.3, 0.4) is 0 Å². The number of anilines is 1. The average molecular weight is 445 g/mol. The molecule has 8 heteroatoms. The van der Waals surface area contributed by atoms with Crippen molar-refractivity contribution in [3.05, 3.63) is 63.8 Å². The Bertz CT molecular complexity index is 1070. The van der Waals surface area contributed by atoms with E-state index in [2.05, 4.69) is 5.32 Å². The Labute approximate surface area is 183 Å². The SMILES string of the molecule is CCOC(=O)c1c(NC(=O)CCn2cccc2C=O)sc(C)c1-c1ccc(Cl)cc1. The molecule has 6 nitrogen and oxygen atoms in total. The van der Waals surface area contributed by atoms with E-state index in [1.54, 1.807) is 42.0 Å². The van der Waals surface area contributed by atoms with Crippen LogP contribution in [0.5, 0.6) is 0 Å². The fourth-order valence-corrected chi connectivity index (χ4v) is 4.35. The molecular formula is C22H21ClN2O4S. The molecule has 0 saturated carbocycles. The van der Waals surface area contributed by atoms with Crippen LogP contribution in [0.1, 0.15) is 39.1 Å². The Kier molecular flexibility index (Phi) is 7.07. The maximum atomic E-state index is 12.7. The van der Waals surface area contributed by atoms with Gasteiger partial charge in [0.15, 0.2) is 6.29 Å². The number of carbonyl (C=O) groups is 3. The lowest BCUT2D eigenvalue weighted by Crippen LogP contribution is -2.16. The standard InChI is InChI=1S/C22H21ClN2O4S/c1-3-29-22(28)20-19(15-6-8-16(23)9-7-15)14(2)30-21(20)24-18(27)10-12-25-11-4-5-17(25)13-26/h4-9,11,13H,3,10,12H2,1-2H3,(H,24,27). The molecule has 3 rings (SSSR count). The Morgan fingerprint density at radius 3 is 2.63 bits per heavy atom. The van der Waals surface area contributed by atoms with E-state index in [9.17, 15) is 14.4 Å². The van der Waals surface area contributed by atoms with Crippen LogP contribution in [0.2, 0.25) is 5.02 Å². The lowest BCUT2D eigenvalue weighted by Gasteiger charge is -2.10. The molecular weight excluding hydrogens is 424 g/mol. The molecule has 0 bridgehead atoms. The highest BCUT2D eigenvalue weighted by Gasteiger charge is 2.25. The quantitative estimate of drug-likeness (QED) is 0.383. The topological polar surface area (TPSA) is 77.4 Å². The second-order valence-corrected chi connectivity index (χ2v) is 8.17. The average Bonchev–Trinajstić information content (AvgIpc) is 3.31. The number of benzene rings is 1. The first-order valence-corrected chi connectivity index (χ1v) is 10.6. The van der Waals surface area contributed by atoms with Gasteiger partial charge in [-0.1, -0.05) is 23.7 Å². The molecule has 1 amide bonds. The number of ether oxygens (including phenoxy) is 1. The predicted molar refractivity (Wildman–Crippen MR) is 119 cm³/mol. The number of carbonyl (C=O) groups excluding carboxylic acids is 3. The molecule has 1 aromatic carbocycles. The minimum atomic E-state index is -0.490. The summed E-state index contributed by atoms with van der Waals surface area (Å²) in [6, 6.07) is 10.6. The second-order valence-electron chi connectivity index (χ2n) is 6.51. The number of aldehydes is 1. The first-order valence-electron chi connectivity index (χ1n) is 9.41. The summed E-state index contributed by atoms with van der Waals surface area (Å²) < 4.78 is 6.95. The summed E-state index contributed by atoms with van der Waals surface area (Å²) in [5, 5.41) is 3.89. The van der Waals surface area contributed by atoms with Crippen molar-refractivity contribution in [2.24, 2.45) is 0 Å². The van der Waals surface area contributed by atoms with E-state index >= 15 is 0 Å². The van der Waals surface area contributed by atoms with Gasteiger partial charge in [0.1, 0.15) is 10.6 Å². The zero-order valence-corrected chi connectivity index (χ0v) is 18.2. The molecule has 0 atom stereocenters. The Morgan fingerprint density at radius 2 is 1.97 bits per heavy atom. The third-order valence-electron chi connectivity index (χ3n) is 4.51. The van der Waals surface area contributed by atoms with Crippen molar-refractivity contribution in [1.82, 2.24) is 4.57 Å².